The molecule has 3 heteroatoms. The summed E-state index contributed by atoms with van der Waals surface area (Å²) >= 11 is 0. The predicted octanol–water partition coefficient (Wildman–Crippen LogP) is 3.91. The third-order valence-corrected chi connectivity index (χ3v) is 3.08. The first-order valence-corrected chi connectivity index (χ1v) is 5.83. The Morgan fingerprint density at radius 3 is 2.63 bits per heavy atom. The SMILES string of the molecule is N#Cc1c(F)cccc1-c1cncc2ccccc12. The normalized spacial score (nSPS) is 10.3. The molecule has 2 nitrogen and oxygen atoms in total. The molecular weight excluding hydrogens is 239 g/mol. The van der Waals surface area contributed by atoms with Crippen molar-refractivity contribution in [2.45, 2.75) is 0 Å². The van der Waals surface area contributed by atoms with Crippen LogP contribution in [0.2, 0.25) is 0 Å². The summed E-state index contributed by atoms with van der Waals surface area (Å²) in [5.41, 5.74) is 1.40. The lowest BCUT2D eigenvalue weighted by Crippen LogP contribution is -1.91. The highest BCUT2D eigenvalue weighted by Gasteiger charge is 2.12. The number of nitrogens with zero attached hydrogens (tertiary/aromatic N) is 2. The molecule has 0 radical (unpaired) electrons. The van der Waals surface area contributed by atoms with E-state index < -0.39 is 5.82 Å². The number of fused-ring (bicyclic) bond motifs is 1. The van der Waals surface area contributed by atoms with Crippen LogP contribution in [-0.4, -0.2) is 4.98 Å². The van der Waals surface area contributed by atoms with Crippen molar-refractivity contribution in [2.24, 2.45) is 0 Å². The molecule has 0 saturated heterocycles. The predicted molar refractivity (Wildman–Crippen MR) is 71.9 cm³/mol. The summed E-state index contributed by atoms with van der Waals surface area (Å²) in [6.07, 6.45) is 3.42. The van der Waals surface area contributed by atoms with Crippen molar-refractivity contribution in [3.05, 3.63) is 66.2 Å². The number of halogens is 1. The zero-order chi connectivity index (χ0) is 13.2. The van der Waals surface area contributed by atoms with Gasteiger partial charge in [-0.05, 0) is 11.5 Å². The molecule has 1 aromatic heterocycles. The van der Waals surface area contributed by atoms with Gasteiger partial charge in [0.1, 0.15) is 11.9 Å². The van der Waals surface area contributed by atoms with Crippen LogP contribution in [0, 0.1) is 17.1 Å². The third kappa shape index (κ3) is 1.84. The average molecular weight is 248 g/mol. The van der Waals surface area contributed by atoms with Gasteiger partial charge in [-0.15, -0.1) is 0 Å². The van der Waals surface area contributed by atoms with Crippen molar-refractivity contribution in [1.82, 2.24) is 4.98 Å². The molecule has 0 aliphatic heterocycles. The summed E-state index contributed by atoms with van der Waals surface area (Å²) in [7, 11) is 0. The molecule has 0 aliphatic carbocycles. The number of hydrogen-bond donors (Lipinski definition) is 0. The Bertz CT molecular complexity index is 798. The second-order valence-corrected chi connectivity index (χ2v) is 4.18. The van der Waals surface area contributed by atoms with Gasteiger partial charge in [0.15, 0.2) is 0 Å². The van der Waals surface area contributed by atoms with Gasteiger partial charge in [-0.3, -0.25) is 4.98 Å². The first-order chi connectivity index (χ1) is 9.31. The van der Waals surface area contributed by atoms with Crippen LogP contribution < -0.4 is 0 Å². The van der Waals surface area contributed by atoms with E-state index in [2.05, 4.69) is 4.98 Å². The molecule has 0 spiro atoms. The van der Waals surface area contributed by atoms with E-state index in [-0.39, 0.29) is 5.56 Å². The second kappa shape index (κ2) is 4.51. The standard InChI is InChI=1S/C16H9FN2/c17-16-7-3-6-13(14(16)8-18)15-10-19-9-11-4-1-2-5-12(11)15/h1-7,9-10H. The van der Waals surface area contributed by atoms with Gasteiger partial charge in [0, 0.05) is 28.9 Å². The molecule has 0 atom stereocenters. The molecule has 0 aliphatic rings. The molecule has 2 aromatic carbocycles. The summed E-state index contributed by atoms with van der Waals surface area (Å²) < 4.78 is 13.7. The van der Waals surface area contributed by atoms with E-state index >= 15 is 0 Å². The quantitative estimate of drug-likeness (QED) is 0.654. The Morgan fingerprint density at radius 1 is 0.947 bits per heavy atom. The molecule has 0 amide bonds. The summed E-state index contributed by atoms with van der Waals surface area (Å²) in [4.78, 5) is 4.16. The minimum absolute atomic E-state index is 0.0562. The van der Waals surface area contributed by atoms with Gasteiger partial charge < -0.3 is 0 Å². The van der Waals surface area contributed by atoms with Crippen LogP contribution in [-0.2, 0) is 0 Å². The maximum Gasteiger partial charge on any atom is 0.141 e. The van der Waals surface area contributed by atoms with Crippen molar-refractivity contribution in [3.63, 3.8) is 0 Å². The zero-order valence-electron chi connectivity index (χ0n) is 9.97. The number of pyridine rings is 1. The van der Waals surface area contributed by atoms with Crippen molar-refractivity contribution in [3.8, 4) is 17.2 Å². The Labute approximate surface area is 109 Å². The zero-order valence-corrected chi connectivity index (χ0v) is 9.97. The summed E-state index contributed by atoms with van der Waals surface area (Å²) in [5, 5.41) is 11.0. The first kappa shape index (κ1) is 11.4. The summed E-state index contributed by atoms with van der Waals surface area (Å²) in [6, 6.07) is 14.3. The van der Waals surface area contributed by atoms with Gasteiger partial charge in [-0.2, -0.15) is 5.26 Å². The third-order valence-electron chi connectivity index (χ3n) is 3.08. The lowest BCUT2D eigenvalue weighted by Gasteiger charge is -2.08. The van der Waals surface area contributed by atoms with Crippen molar-refractivity contribution >= 4 is 10.8 Å². The van der Waals surface area contributed by atoms with E-state index in [1.165, 1.54) is 6.07 Å². The largest absolute Gasteiger partial charge is 0.263 e. The maximum absolute atomic E-state index is 13.7. The van der Waals surface area contributed by atoms with Gasteiger partial charge in [-0.25, -0.2) is 4.39 Å². The molecule has 0 bridgehead atoms. The molecule has 0 N–H and O–H groups in total. The lowest BCUT2D eigenvalue weighted by atomic mass is 9.97. The number of benzene rings is 2. The van der Waals surface area contributed by atoms with Gasteiger partial charge in [-0.1, -0.05) is 36.4 Å². The van der Waals surface area contributed by atoms with Crippen LogP contribution in [0.4, 0.5) is 4.39 Å². The van der Waals surface area contributed by atoms with Gasteiger partial charge >= 0.3 is 0 Å². The molecule has 0 unspecified atom stereocenters. The van der Waals surface area contributed by atoms with Crippen molar-refractivity contribution < 1.29 is 4.39 Å². The van der Waals surface area contributed by atoms with E-state index in [9.17, 15) is 4.39 Å². The van der Waals surface area contributed by atoms with E-state index in [0.717, 1.165) is 16.3 Å². The number of aromatic nitrogens is 1. The molecule has 90 valence electrons. The highest BCUT2D eigenvalue weighted by molar-refractivity contribution is 5.96. The van der Waals surface area contributed by atoms with E-state index in [1.54, 1.807) is 24.5 Å². The highest BCUT2D eigenvalue weighted by atomic mass is 19.1. The Kier molecular flexibility index (Phi) is 2.70. The van der Waals surface area contributed by atoms with E-state index in [1.807, 2.05) is 30.3 Å². The Balaban J connectivity index is 2.38. The van der Waals surface area contributed by atoms with E-state index in [4.69, 9.17) is 5.26 Å². The summed E-state index contributed by atoms with van der Waals surface area (Å²) in [6.45, 7) is 0. The average Bonchev–Trinajstić information content (AvgIpc) is 2.46. The second-order valence-electron chi connectivity index (χ2n) is 4.18. The molecular formula is C16H9FN2. The monoisotopic (exact) mass is 248 g/mol. The van der Waals surface area contributed by atoms with Crippen LogP contribution in [0.15, 0.2) is 54.9 Å². The van der Waals surface area contributed by atoms with Gasteiger partial charge in [0.2, 0.25) is 0 Å². The van der Waals surface area contributed by atoms with Crippen LogP contribution in [0.3, 0.4) is 0 Å². The van der Waals surface area contributed by atoms with Crippen LogP contribution in [0.5, 0.6) is 0 Å². The maximum atomic E-state index is 13.7. The topological polar surface area (TPSA) is 36.7 Å². The molecule has 3 rings (SSSR count). The molecule has 3 aromatic rings. The van der Waals surface area contributed by atoms with Crippen LogP contribution in [0.25, 0.3) is 21.9 Å². The minimum Gasteiger partial charge on any atom is -0.263 e. The van der Waals surface area contributed by atoms with Crippen molar-refractivity contribution in [1.29, 1.82) is 5.26 Å². The fraction of sp³-hybridized carbons (Fsp3) is 0. The van der Waals surface area contributed by atoms with Gasteiger partial charge in [0.05, 0.1) is 5.56 Å². The fourth-order valence-electron chi connectivity index (χ4n) is 2.19. The summed E-state index contributed by atoms with van der Waals surface area (Å²) in [5.74, 6) is -0.507. The highest BCUT2D eigenvalue weighted by Crippen LogP contribution is 2.30. The van der Waals surface area contributed by atoms with Gasteiger partial charge in [0.25, 0.3) is 0 Å². The molecule has 0 saturated carbocycles. The van der Waals surface area contributed by atoms with E-state index in [0.29, 0.717) is 5.56 Å². The Hall–Kier alpha value is -2.73. The van der Waals surface area contributed by atoms with Crippen molar-refractivity contribution in [2.75, 3.05) is 0 Å². The fourth-order valence-corrected chi connectivity index (χ4v) is 2.19. The number of rotatable bonds is 1. The first-order valence-electron chi connectivity index (χ1n) is 5.83. The number of hydrogen-bond acceptors (Lipinski definition) is 2. The minimum atomic E-state index is -0.507. The Morgan fingerprint density at radius 2 is 1.79 bits per heavy atom. The number of nitriles is 1. The molecule has 1 heterocycles. The lowest BCUT2D eigenvalue weighted by molar-refractivity contribution is 0.624. The van der Waals surface area contributed by atoms with Crippen LogP contribution >= 0.6 is 0 Å². The molecule has 19 heavy (non-hydrogen) atoms. The smallest absolute Gasteiger partial charge is 0.141 e. The van der Waals surface area contributed by atoms with Crippen LogP contribution in [0.1, 0.15) is 5.56 Å². The molecule has 0 fully saturated rings.